The van der Waals surface area contributed by atoms with Crippen LogP contribution < -0.4 is 5.32 Å². The van der Waals surface area contributed by atoms with Gasteiger partial charge in [0.25, 0.3) is 0 Å². The van der Waals surface area contributed by atoms with E-state index < -0.39 is 0 Å². The van der Waals surface area contributed by atoms with Crippen LogP contribution in [0, 0.1) is 5.41 Å². The molecule has 0 radical (unpaired) electrons. The highest BCUT2D eigenvalue weighted by Crippen LogP contribution is 2.48. The molecule has 3 rings (SSSR count). The van der Waals surface area contributed by atoms with Crippen molar-refractivity contribution in [3.63, 3.8) is 0 Å². The van der Waals surface area contributed by atoms with Gasteiger partial charge in [-0.2, -0.15) is 0 Å². The van der Waals surface area contributed by atoms with Gasteiger partial charge in [-0.3, -0.25) is 0 Å². The van der Waals surface area contributed by atoms with Crippen molar-refractivity contribution >= 4 is 28.2 Å². The lowest BCUT2D eigenvalue weighted by Crippen LogP contribution is -2.17. The van der Waals surface area contributed by atoms with Gasteiger partial charge in [-0.05, 0) is 36.1 Å². The van der Waals surface area contributed by atoms with Crippen LogP contribution >= 0.6 is 11.6 Å². The number of anilines is 1. The fraction of sp³-hybridized carbons (Fsp3) is 0.400. The van der Waals surface area contributed by atoms with Crippen molar-refractivity contribution in [3.8, 4) is 0 Å². The molecule has 100 valence electrons. The van der Waals surface area contributed by atoms with E-state index in [4.69, 9.17) is 16.7 Å². The zero-order valence-electron chi connectivity index (χ0n) is 10.7. The molecule has 1 saturated carbocycles. The smallest absolute Gasteiger partial charge is 0.139 e. The molecule has 2 N–H and O–H groups in total. The molecule has 1 aliphatic rings. The molecular formula is C15H17ClN2O. The minimum atomic E-state index is 0.258. The molecule has 1 aromatic carbocycles. The minimum absolute atomic E-state index is 0.258. The Labute approximate surface area is 117 Å². The summed E-state index contributed by atoms with van der Waals surface area (Å²) in [5.74, 6) is 0.813. The molecule has 0 unspecified atom stereocenters. The lowest BCUT2D eigenvalue weighted by molar-refractivity contribution is 0.253. The van der Waals surface area contributed by atoms with Crippen LogP contribution in [0.4, 0.5) is 5.82 Å². The zero-order valence-corrected chi connectivity index (χ0v) is 11.5. The summed E-state index contributed by atoms with van der Waals surface area (Å²) < 4.78 is 0. The summed E-state index contributed by atoms with van der Waals surface area (Å²) in [6.45, 7) is 1.11. The zero-order chi connectivity index (χ0) is 13.3. The number of halogens is 1. The summed E-state index contributed by atoms with van der Waals surface area (Å²) in [6, 6.07) is 9.99. The molecular weight excluding hydrogens is 260 g/mol. The number of aliphatic hydroxyl groups is 1. The lowest BCUT2D eigenvalue weighted by Gasteiger charge is -2.15. The van der Waals surface area contributed by atoms with Crippen molar-refractivity contribution in [3.05, 3.63) is 35.5 Å². The molecule has 1 heterocycles. The number of pyridine rings is 1. The normalized spacial score (nSPS) is 16.5. The molecule has 3 nitrogen and oxygen atoms in total. The van der Waals surface area contributed by atoms with Gasteiger partial charge >= 0.3 is 0 Å². The Morgan fingerprint density at radius 2 is 2.11 bits per heavy atom. The van der Waals surface area contributed by atoms with E-state index in [2.05, 4.69) is 10.3 Å². The number of hydrogen-bond donors (Lipinski definition) is 2. The summed E-state index contributed by atoms with van der Waals surface area (Å²) in [6.07, 6.45) is 3.23. The van der Waals surface area contributed by atoms with Crippen molar-refractivity contribution in [1.82, 2.24) is 4.98 Å². The van der Waals surface area contributed by atoms with Crippen LogP contribution in [-0.2, 0) is 0 Å². The quantitative estimate of drug-likeness (QED) is 0.822. The fourth-order valence-electron chi connectivity index (χ4n) is 2.45. The van der Waals surface area contributed by atoms with E-state index in [1.54, 1.807) is 0 Å². The summed E-state index contributed by atoms with van der Waals surface area (Å²) in [5.41, 5.74) is 0.272. The van der Waals surface area contributed by atoms with Gasteiger partial charge in [0.1, 0.15) is 11.0 Å². The van der Waals surface area contributed by atoms with E-state index in [1.807, 2.05) is 30.3 Å². The highest BCUT2D eigenvalue weighted by atomic mass is 35.5. The molecule has 1 fully saturated rings. The van der Waals surface area contributed by atoms with Gasteiger partial charge < -0.3 is 10.4 Å². The molecule has 0 aliphatic heterocycles. The van der Waals surface area contributed by atoms with Gasteiger partial charge in [0.05, 0.1) is 0 Å². The highest BCUT2D eigenvalue weighted by molar-refractivity contribution is 6.34. The first kappa shape index (κ1) is 12.7. The molecule has 2 aromatic rings. The summed E-state index contributed by atoms with van der Waals surface area (Å²) in [7, 11) is 0. The van der Waals surface area contributed by atoms with E-state index in [0.29, 0.717) is 5.15 Å². The highest BCUT2D eigenvalue weighted by Gasteiger charge is 2.41. The van der Waals surface area contributed by atoms with E-state index in [0.717, 1.165) is 29.6 Å². The first-order valence-electron chi connectivity index (χ1n) is 6.62. The molecule has 0 saturated heterocycles. The van der Waals surface area contributed by atoms with Crippen molar-refractivity contribution < 1.29 is 5.11 Å². The number of nitrogens with zero attached hydrogens (tertiary/aromatic N) is 1. The molecule has 0 spiro atoms. The average Bonchev–Trinajstić information content (AvgIpc) is 3.17. The number of benzene rings is 1. The van der Waals surface area contributed by atoms with Gasteiger partial charge in [0.2, 0.25) is 0 Å². The Hall–Kier alpha value is -1.32. The van der Waals surface area contributed by atoms with E-state index in [9.17, 15) is 0 Å². The largest absolute Gasteiger partial charge is 0.396 e. The maximum Gasteiger partial charge on any atom is 0.139 e. The maximum absolute atomic E-state index is 9.06. The van der Waals surface area contributed by atoms with Gasteiger partial charge in [-0.15, -0.1) is 0 Å². The maximum atomic E-state index is 9.06. The SMILES string of the molecule is OCCC1(CNc2cc3ccccc3c(Cl)n2)CC1. The van der Waals surface area contributed by atoms with Crippen LogP contribution in [0.25, 0.3) is 10.8 Å². The van der Waals surface area contributed by atoms with Gasteiger partial charge in [0, 0.05) is 18.5 Å². The third-order valence-electron chi connectivity index (χ3n) is 3.94. The summed E-state index contributed by atoms with van der Waals surface area (Å²) in [5, 5.41) is 15.0. The van der Waals surface area contributed by atoms with Crippen molar-refractivity contribution in [2.75, 3.05) is 18.5 Å². The predicted octanol–water partition coefficient (Wildman–Crippen LogP) is 3.46. The van der Waals surface area contributed by atoms with E-state index >= 15 is 0 Å². The lowest BCUT2D eigenvalue weighted by atomic mass is 10.0. The molecule has 0 atom stereocenters. The predicted molar refractivity (Wildman–Crippen MR) is 78.6 cm³/mol. The topological polar surface area (TPSA) is 45.1 Å². The van der Waals surface area contributed by atoms with Gasteiger partial charge in [-0.25, -0.2) is 4.98 Å². The molecule has 1 aromatic heterocycles. The molecule has 0 amide bonds. The van der Waals surface area contributed by atoms with E-state index in [1.165, 1.54) is 12.8 Å². The third-order valence-corrected chi connectivity index (χ3v) is 4.23. The Morgan fingerprint density at radius 1 is 1.32 bits per heavy atom. The Balaban J connectivity index is 1.78. The number of aromatic nitrogens is 1. The molecule has 19 heavy (non-hydrogen) atoms. The third kappa shape index (κ3) is 2.67. The van der Waals surface area contributed by atoms with Crippen molar-refractivity contribution in [2.45, 2.75) is 19.3 Å². The number of rotatable bonds is 5. The van der Waals surface area contributed by atoms with Crippen molar-refractivity contribution in [2.24, 2.45) is 5.41 Å². The van der Waals surface area contributed by atoms with Gasteiger partial charge in [0.15, 0.2) is 0 Å². The van der Waals surface area contributed by atoms with Crippen LogP contribution in [0.2, 0.25) is 5.15 Å². The molecule has 1 aliphatic carbocycles. The second kappa shape index (κ2) is 4.99. The monoisotopic (exact) mass is 276 g/mol. The Bertz CT molecular complexity index is 596. The Kier molecular flexibility index (Phi) is 3.33. The summed E-state index contributed by atoms with van der Waals surface area (Å²) in [4.78, 5) is 4.38. The first-order chi connectivity index (χ1) is 9.22. The molecule has 0 bridgehead atoms. The van der Waals surface area contributed by atoms with Crippen molar-refractivity contribution in [1.29, 1.82) is 0 Å². The number of hydrogen-bond acceptors (Lipinski definition) is 3. The second-order valence-corrected chi connectivity index (χ2v) is 5.70. The standard InChI is InChI=1S/C15H17ClN2O/c16-14-12-4-2-1-3-11(12)9-13(18-14)17-10-15(5-6-15)7-8-19/h1-4,9,19H,5-8,10H2,(H,17,18). The summed E-state index contributed by atoms with van der Waals surface area (Å²) >= 11 is 6.20. The van der Waals surface area contributed by atoms with Crippen LogP contribution in [0.1, 0.15) is 19.3 Å². The number of nitrogens with one attached hydrogen (secondary N) is 1. The fourth-order valence-corrected chi connectivity index (χ4v) is 2.72. The van der Waals surface area contributed by atoms with Crippen LogP contribution in [-0.4, -0.2) is 23.2 Å². The first-order valence-corrected chi connectivity index (χ1v) is 7.00. The number of aliphatic hydroxyl groups excluding tert-OH is 1. The van der Waals surface area contributed by atoms with Crippen LogP contribution in [0.15, 0.2) is 30.3 Å². The molecule has 4 heteroatoms. The van der Waals surface area contributed by atoms with Gasteiger partial charge in [-0.1, -0.05) is 35.9 Å². The second-order valence-electron chi connectivity index (χ2n) is 5.35. The Morgan fingerprint density at radius 3 is 2.84 bits per heavy atom. The minimum Gasteiger partial charge on any atom is -0.396 e. The van der Waals surface area contributed by atoms with Crippen LogP contribution in [0.5, 0.6) is 0 Å². The number of fused-ring (bicyclic) bond motifs is 1. The van der Waals surface area contributed by atoms with Crippen LogP contribution in [0.3, 0.4) is 0 Å². The van der Waals surface area contributed by atoms with E-state index in [-0.39, 0.29) is 12.0 Å². The average molecular weight is 277 g/mol.